The van der Waals surface area contributed by atoms with Crippen LogP contribution in [0.4, 0.5) is 0 Å². The van der Waals surface area contributed by atoms with Crippen molar-refractivity contribution in [3.8, 4) is 0 Å². The van der Waals surface area contributed by atoms with Crippen molar-refractivity contribution in [3.63, 3.8) is 0 Å². The number of aliphatic hydroxyl groups excluding tert-OH is 1. The number of hydrogen-bond acceptors (Lipinski definition) is 4. The van der Waals surface area contributed by atoms with Crippen molar-refractivity contribution >= 4 is 11.9 Å². The zero-order valence-electron chi connectivity index (χ0n) is 24.2. The van der Waals surface area contributed by atoms with Gasteiger partial charge in [0.1, 0.15) is 6.10 Å². The molecule has 2 saturated carbocycles. The van der Waals surface area contributed by atoms with Crippen molar-refractivity contribution in [2.75, 3.05) is 0 Å². The molecule has 4 rings (SSSR count). The lowest BCUT2D eigenvalue weighted by molar-refractivity contribution is -0.165. The molecule has 4 aliphatic rings. The Morgan fingerprint density at radius 2 is 1.78 bits per heavy atom. The zero-order chi connectivity index (χ0) is 27.6. The topological polar surface area (TPSA) is 83.8 Å². The molecule has 0 radical (unpaired) electrons. The van der Waals surface area contributed by atoms with Crippen LogP contribution in [0.5, 0.6) is 0 Å². The van der Waals surface area contributed by atoms with Crippen LogP contribution in [0.15, 0.2) is 34.9 Å². The number of allylic oxidation sites excluding steroid dienone is 6. The molecule has 37 heavy (non-hydrogen) atoms. The second-order valence-corrected chi connectivity index (χ2v) is 14.0. The SMILES string of the molecule is CC(=O)O[C@H]1CC[C@]2(C)C3=CC[C@]4(C)[C@@H](C(CCC=C(C)C)C(=O)O)[C@H](O)C[C@@]4(C)C3=CC[C@H]2C1(C)C. The number of ether oxygens (including phenoxy) is 1. The minimum atomic E-state index is -0.790. The van der Waals surface area contributed by atoms with Crippen LogP contribution in [0.3, 0.4) is 0 Å². The van der Waals surface area contributed by atoms with E-state index in [1.54, 1.807) is 0 Å². The third-order valence-corrected chi connectivity index (χ3v) is 11.3. The first kappa shape index (κ1) is 28.1. The van der Waals surface area contributed by atoms with Gasteiger partial charge < -0.3 is 14.9 Å². The van der Waals surface area contributed by atoms with E-state index in [-0.39, 0.29) is 39.7 Å². The Bertz CT molecular complexity index is 1050. The highest BCUT2D eigenvalue weighted by atomic mass is 16.5. The van der Waals surface area contributed by atoms with Gasteiger partial charge in [0.25, 0.3) is 0 Å². The Kier molecular flexibility index (Phi) is 7.14. The number of fused-ring (bicyclic) bond motifs is 5. The first-order valence-corrected chi connectivity index (χ1v) is 14.2. The van der Waals surface area contributed by atoms with Gasteiger partial charge in [0.05, 0.1) is 12.0 Å². The molecule has 0 aromatic rings. The molecule has 4 aliphatic carbocycles. The highest BCUT2D eigenvalue weighted by Gasteiger charge is 2.66. The summed E-state index contributed by atoms with van der Waals surface area (Å²) in [5.41, 5.74) is 3.12. The molecule has 206 valence electrons. The molecule has 0 spiro atoms. The second-order valence-electron chi connectivity index (χ2n) is 14.0. The summed E-state index contributed by atoms with van der Waals surface area (Å²) in [5, 5.41) is 21.8. The van der Waals surface area contributed by atoms with Gasteiger partial charge >= 0.3 is 11.9 Å². The summed E-state index contributed by atoms with van der Waals surface area (Å²) >= 11 is 0. The highest BCUT2D eigenvalue weighted by Crippen LogP contribution is 2.71. The molecule has 5 heteroatoms. The highest BCUT2D eigenvalue weighted by molar-refractivity contribution is 5.71. The van der Waals surface area contributed by atoms with E-state index in [1.165, 1.54) is 23.6 Å². The fourth-order valence-electron chi connectivity index (χ4n) is 9.22. The van der Waals surface area contributed by atoms with Crippen molar-refractivity contribution in [2.45, 2.75) is 113 Å². The lowest BCUT2D eigenvalue weighted by Gasteiger charge is -2.61. The number of carboxylic acid groups (broad SMARTS) is 1. The summed E-state index contributed by atoms with van der Waals surface area (Å²) in [6.07, 6.45) is 11.5. The third-order valence-electron chi connectivity index (χ3n) is 11.3. The van der Waals surface area contributed by atoms with Gasteiger partial charge in [-0.1, -0.05) is 58.4 Å². The van der Waals surface area contributed by atoms with Crippen LogP contribution in [0.2, 0.25) is 0 Å². The molecular formula is C32H48O5. The Morgan fingerprint density at radius 3 is 2.38 bits per heavy atom. The number of rotatable bonds is 6. The lowest BCUT2D eigenvalue weighted by atomic mass is 9.44. The molecule has 0 aliphatic heterocycles. The van der Waals surface area contributed by atoms with E-state index < -0.39 is 18.0 Å². The molecule has 8 atom stereocenters. The van der Waals surface area contributed by atoms with Gasteiger partial charge in [-0.3, -0.25) is 9.59 Å². The first-order valence-electron chi connectivity index (χ1n) is 14.2. The molecule has 0 heterocycles. The van der Waals surface area contributed by atoms with E-state index in [1.807, 2.05) is 13.8 Å². The predicted octanol–water partition coefficient (Wildman–Crippen LogP) is 6.86. The number of carbonyl (C=O) groups excluding carboxylic acids is 1. The van der Waals surface area contributed by atoms with E-state index in [2.05, 4.69) is 52.8 Å². The summed E-state index contributed by atoms with van der Waals surface area (Å²) in [6, 6.07) is 0. The van der Waals surface area contributed by atoms with Gasteiger partial charge in [-0.25, -0.2) is 0 Å². The largest absolute Gasteiger partial charge is 0.481 e. The molecule has 1 unspecified atom stereocenters. The molecule has 2 N–H and O–H groups in total. The van der Waals surface area contributed by atoms with Crippen molar-refractivity contribution in [3.05, 3.63) is 34.9 Å². The standard InChI is InChI=1S/C32H48O5/c1-19(2)10-9-11-21(28(35)36)27-24(34)18-32(8)23-12-13-25-29(4,5)26(37-20(3)33)15-16-30(25,6)22(23)14-17-31(27,32)7/h10,12,14,21,24-27,34H,9,11,13,15-18H2,1-8H3,(H,35,36)/t21?,24-,25+,26+,27+,30-,31-,32+/m1/s1. The van der Waals surface area contributed by atoms with Crippen LogP contribution in [0.25, 0.3) is 0 Å². The summed E-state index contributed by atoms with van der Waals surface area (Å²) in [7, 11) is 0. The fourth-order valence-corrected chi connectivity index (χ4v) is 9.22. The maximum absolute atomic E-state index is 12.5. The van der Waals surface area contributed by atoms with Crippen molar-refractivity contribution in [2.24, 2.45) is 39.4 Å². The smallest absolute Gasteiger partial charge is 0.306 e. The van der Waals surface area contributed by atoms with Gasteiger partial charge in [0.2, 0.25) is 0 Å². The van der Waals surface area contributed by atoms with Crippen molar-refractivity contribution in [1.82, 2.24) is 0 Å². The van der Waals surface area contributed by atoms with E-state index in [0.717, 1.165) is 32.1 Å². The van der Waals surface area contributed by atoms with Crippen molar-refractivity contribution < 1.29 is 24.5 Å². The Labute approximate surface area is 223 Å². The van der Waals surface area contributed by atoms with Crippen molar-refractivity contribution in [1.29, 1.82) is 0 Å². The molecule has 2 fully saturated rings. The van der Waals surface area contributed by atoms with Gasteiger partial charge in [0, 0.05) is 23.7 Å². The maximum Gasteiger partial charge on any atom is 0.306 e. The molecule has 0 amide bonds. The van der Waals surface area contributed by atoms with E-state index >= 15 is 0 Å². The van der Waals surface area contributed by atoms with Gasteiger partial charge in [0.15, 0.2) is 0 Å². The van der Waals surface area contributed by atoms with Crippen LogP contribution >= 0.6 is 0 Å². The summed E-state index contributed by atoms with van der Waals surface area (Å²) in [5.74, 6) is -1.52. The zero-order valence-corrected chi connectivity index (χ0v) is 24.2. The average molecular weight is 513 g/mol. The molecule has 0 aromatic heterocycles. The van der Waals surface area contributed by atoms with Crippen LogP contribution in [-0.2, 0) is 14.3 Å². The summed E-state index contributed by atoms with van der Waals surface area (Å²) in [6.45, 7) is 17.0. The molecule has 0 saturated heterocycles. The number of hydrogen-bond donors (Lipinski definition) is 2. The number of aliphatic carboxylic acids is 1. The van der Waals surface area contributed by atoms with E-state index in [0.29, 0.717) is 18.8 Å². The van der Waals surface area contributed by atoms with Crippen LogP contribution in [-0.4, -0.2) is 34.4 Å². The molecular weight excluding hydrogens is 464 g/mol. The minimum absolute atomic E-state index is 0.0345. The Morgan fingerprint density at radius 1 is 1.11 bits per heavy atom. The van der Waals surface area contributed by atoms with Crippen LogP contribution < -0.4 is 0 Å². The monoisotopic (exact) mass is 512 g/mol. The average Bonchev–Trinajstić information content (AvgIpc) is 2.98. The van der Waals surface area contributed by atoms with Gasteiger partial charge in [-0.15, -0.1) is 0 Å². The van der Waals surface area contributed by atoms with Crippen LogP contribution in [0.1, 0.15) is 100 Å². The third kappa shape index (κ3) is 4.24. The van der Waals surface area contributed by atoms with Gasteiger partial charge in [-0.2, -0.15) is 0 Å². The lowest BCUT2D eigenvalue weighted by Crippen LogP contribution is -2.55. The molecule has 0 aromatic carbocycles. The first-order chi connectivity index (χ1) is 17.1. The van der Waals surface area contributed by atoms with E-state index in [9.17, 15) is 19.8 Å². The van der Waals surface area contributed by atoms with E-state index in [4.69, 9.17) is 4.74 Å². The predicted molar refractivity (Wildman–Crippen MR) is 146 cm³/mol. The normalized spacial score (nSPS) is 40.8. The summed E-state index contributed by atoms with van der Waals surface area (Å²) in [4.78, 5) is 24.4. The molecule has 5 nitrogen and oxygen atoms in total. The Hall–Kier alpha value is -1.88. The molecule has 0 bridgehead atoms. The number of aliphatic hydroxyl groups is 1. The second kappa shape index (κ2) is 9.39. The fraction of sp³-hybridized carbons (Fsp3) is 0.750. The number of carbonyl (C=O) groups is 2. The number of esters is 1. The minimum Gasteiger partial charge on any atom is -0.481 e. The van der Waals surface area contributed by atoms with Gasteiger partial charge in [-0.05, 0) is 86.7 Å². The number of carboxylic acids is 1. The van der Waals surface area contributed by atoms with Crippen LogP contribution in [0, 0.1) is 39.4 Å². The Balaban J connectivity index is 1.71. The maximum atomic E-state index is 12.5. The summed E-state index contributed by atoms with van der Waals surface area (Å²) < 4.78 is 5.79. The quantitative estimate of drug-likeness (QED) is 0.300.